The molecule has 0 amide bonds. The van der Waals surface area contributed by atoms with Gasteiger partial charge in [-0.25, -0.2) is 4.98 Å². The van der Waals surface area contributed by atoms with E-state index in [4.69, 9.17) is 9.97 Å². The highest BCUT2D eigenvalue weighted by Crippen LogP contribution is 2.51. The molecular weight excluding hydrogens is 1150 g/mol. The zero-order chi connectivity index (χ0) is 62.7. The molecule has 0 N–H and O–H groups in total. The Balaban J connectivity index is 1.08. The Labute approximate surface area is 548 Å². The van der Waals surface area contributed by atoms with E-state index in [0.29, 0.717) is 0 Å². The molecule has 0 aliphatic carbocycles. The molecule has 95 heavy (non-hydrogen) atoms. The van der Waals surface area contributed by atoms with Gasteiger partial charge in [0.05, 0.1) is 49.8 Å². The van der Waals surface area contributed by atoms with Crippen LogP contribution < -0.4 is 0 Å². The number of hydrogen-bond acceptors (Lipinski definition) is 2. The molecule has 19 aromatic rings. The van der Waals surface area contributed by atoms with Crippen molar-refractivity contribution in [1.82, 2.24) is 28.2 Å². The predicted octanol–water partition coefficient (Wildman–Crippen LogP) is 23.2. The number of fused-ring (bicyclic) bond motifs is 12. The fraction of sp³-hybridized carbons (Fsp3) is 0.0112. The van der Waals surface area contributed by atoms with E-state index in [1.807, 2.05) is 0 Å². The molecule has 19 rings (SSSR count). The lowest BCUT2D eigenvalue weighted by molar-refractivity contribution is 0.961. The van der Waals surface area contributed by atoms with Crippen molar-refractivity contribution in [2.75, 3.05) is 0 Å². The van der Waals surface area contributed by atoms with Crippen LogP contribution in [0.4, 0.5) is 0 Å². The standard InChI is InChI=1S/C89H58N6/c1-57-25-24-40-76(90-57)66-34-14-15-39-71(66)85-86(92-77-41-20-16-35-67(77)72-53-62(45-49-81(72)92)58-26-6-2-7-27-58)88(94-79-43-22-18-37-69(79)74-55-64(47-51-83(74)94)60-30-10-4-11-31-60)91-89(95-80-44-23-19-38-70(80)75-56-65(48-52-84(75)95)61-32-12-5-13-33-61)87(85)93-78-42-21-17-36-68(78)73-54-63(46-50-82(73)93)59-28-8-3-9-29-59/h2-56H,1H3. The fourth-order valence-electron chi connectivity index (χ4n) is 15.2. The molecule has 0 aliphatic heterocycles. The van der Waals surface area contributed by atoms with Crippen molar-refractivity contribution >= 4 is 87.2 Å². The van der Waals surface area contributed by atoms with Crippen LogP contribution in [0.15, 0.2) is 334 Å². The van der Waals surface area contributed by atoms with Gasteiger partial charge in [0.15, 0.2) is 11.6 Å². The highest BCUT2D eigenvalue weighted by molar-refractivity contribution is 6.17. The molecule has 0 radical (unpaired) electrons. The van der Waals surface area contributed by atoms with Crippen molar-refractivity contribution in [1.29, 1.82) is 0 Å². The van der Waals surface area contributed by atoms with Gasteiger partial charge in [0.25, 0.3) is 0 Å². The van der Waals surface area contributed by atoms with Crippen molar-refractivity contribution in [3.05, 3.63) is 339 Å². The van der Waals surface area contributed by atoms with E-state index in [9.17, 15) is 0 Å². The van der Waals surface area contributed by atoms with E-state index in [2.05, 4.69) is 359 Å². The zero-order valence-electron chi connectivity index (χ0n) is 51.9. The summed E-state index contributed by atoms with van der Waals surface area (Å²) in [7, 11) is 0. The van der Waals surface area contributed by atoms with Crippen LogP contribution >= 0.6 is 0 Å². The molecular formula is C89H58N6. The van der Waals surface area contributed by atoms with Crippen molar-refractivity contribution < 1.29 is 0 Å². The van der Waals surface area contributed by atoms with E-state index in [-0.39, 0.29) is 0 Å². The third-order valence-corrected chi connectivity index (χ3v) is 19.5. The van der Waals surface area contributed by atoms with Crippen LogP contribution in [0.5, 0.6) is 0 Å². The SMILES string of the molecule is Cc1cccc(-c2ccccc2-c2c(-n3c4ccccc4c4cc(-c5ccccc5)ccc43)c(-n3c4ccccc4c4cc(-c5ccccc5)ccc43)nc(-n3c4ccccc4c4cc(-c5ccccc5)ccc43)c2-n2c3ccccc3c3cc(-c4ccccc4)ccc32)n1. The van der Waals surface area contributed by atoms with E-state index < -0.39 is 0 Å². The number of benzene rings is 13. The van der Waals surface area contributed by atoms with Crippen LogP contribution in [0.2, 0.25) is 0 Å². The van der Waals surface area contributed by atoms with E-state index in [1.54, 1.807) is 0 Å². The molecule has 6 nitrogen and oxygen atoms in total. The Bertz CT molecular complexity index is 5930. The highest BCUT2D eigenvalue weighted by atomic mass is 15.2. The van der Waals surface area contributed by atoms with Gasteiger partial charge in [0.1, 0.15) is 11.4 Å². The van der Waals surface area contributed by atoms with Gasteiger partial charge in [-0.3, -0.25) is 14.1 Å². The van der Waals surface area contributed by atoms with E-state index in [1.165, 1.54) is 0 Å². The molecule has 0 bridgehead atoms. The normalized spacial score (nSPS) is 11.8. The van der Waals surface area contributed by atoms with Gasteiger partial charge in [0.2, 0.25) is 0 Å². The van der Waals surface area contributed by atoms with E-state index >= 15 is 0 Å². The molecule has 0 saturated heterocycles. The largest absolute Gasteiger partial charge is 0.305 e. The van der Waals surface area contributed by atoms with Gasteiger partial charge in [0, 0.05) is 59.9 Å². The van der Waals surface area contributed by atoms with Gasteiger partial charge in [-0.1, -0.05) is 249 Å². The van der Waals surface area contributed by atoms with Crippen molar-refractivity contribution in [3.8, 4) is 89.9 Å². The van der Waals surface area contributed by atoms with Gasteiger partial charge < -0.3 is 9.13 Å². The fourth-order valence-corrected chi connectivity index (χ4v) is 15.2. The molecule has 0 spiro atoms. The summed E-state index contributed by atoms with van der Waals surface area (Å²) in [6.45, 7) is 2.09. The Kier molecular flexibility index (Phi) is 12.4. The Morgan fingerprint density at radius 2 is 0.505 bits per heavy atom. The van der Waals surface area contributed by atoms with Crippen molar-refractivity contribution in [3.63, 3.8) is 0 Å². The van der Waals surface area contributed by atoms with Crippen LogP contribution in [0.1, 0.15) is 5.69 Å². The van der Waals surface area contributed by atoms with Gasteiger partial charge in [-0.15, -0.1) is 0 Å². The van der Waals surface area contributed by atoms with Crippen LogP contribution in [0.3, 0.4) is 0 Å². The molecule has 6 aromatic heterocycles. The second-order valence-corrected chi connectivity index (χ2v) is 24.8. The van der Waals surface area contributed by atoms with Gasteiger partial charge >= 0.3 is 0 Å². The maximum absolute atomic E-state index is 6.66. The molecule has 6 heteroatoms. The molecule has 0 unspecified atom stereocenters. The summed E-state index contributed by atoms with van der Waals surface area (Å²) in [5, 5.41) is 9.04. The third-order valence-electron chi connectivity index (χ3n) is 19.5. The topological polar surface area (TPSA) is 45.5 Å². The Morgan fingerprint density at radius 3 is 0.863 bits per heavy atom. The summed E-state index contributed by atoms with van der Waals surface area (Å²) in [4.78, 5) is 12.1. The van der Waals surface area contributed by atoms with Crippen molar-refractivity contribution in [2.24, 2.45) is 0 Å². The van der Waals surface area contributed by atoms with Gasteiger partial charge in [-0.05, 0) is 142 Å². The smallest absolute Gasteiger partial charge is 0.165 e. The average molecular weight is 1210 g/mol. The molecule has 0 saturated carbocycles. The second kappa shape index (κ2) is 21.8. The third kappa shape index (κ3) is 8.58. The summed E-state index contributed by atoms with van der Waals surface area (Å²) in [6, 6.07) is 122. The van der Waals surface area contributed by atoms with E-state index in [0.717, 1.165) is 183 Å². The second-order valence-electron chi connectivity index (χ2n) is 24.8. The number of para-hydroxylation sites is 4. The first-order valence-corrected chi connectivity index (χ1v) is 32.6. The number of aromatic nitrogens is 6. The number of hydrogen-bond donors (Lipinski definition) is 0. The minimum Gasteiger partial charge on any atom is -0.305 e. The summed E-state index contributed by atoms with van der Waals surface area (Å²) >= 11 is 0. The molecule has 13 aromatic carbocycles. The summed E-state index contributed by atoms with van der Waals surface area (Å²) in [6.07, 6.45) is 0. The Morgan fingerprint density at radius 1 is 0.211 bits per heavy atom. The van der Waals surface area contributed by atoms with Gasteiger partial charge in [-0.2, -0.15) is 0 Å². The first-order valence-electron chi connectivity index (χ1n) is 32.6. The molecule has 0 aliphatic rings. The zero-order valence-corrected chi connectivity index (χ0v) is 51.9. The minimum atomic E-state index is 0.762. The molecule has 0 fully saturated rings. The number of nitrogens with zero attached hydrogens (tertiary/aromatic N) is 6. The van der Waals surface area contributed by atoms with Crippen molar-refractivity contribution in [2.45, 2.75) is 6.92 Å². The average Bonchev–Trinajstić information content (AvgIpc) is 1.58. The summed E-state index contributed by atoms with van der Waals surface area (Å²) in [5.74, 6) is 1.52. The lowest BCUT2D eigenvalue weighted by Gasteiger charge is -2.27. The molecule has 0 atom stereocenters. The van der Waals surface area contributed by atoms with Crippen LogP contribution in [-0.4, -0.2) is 28.2 Å². The number of rotatable bonds is 10. The lowest BCUT2D eigenvalue weighted by atomic mass is 9.93. The predicted molar refractivity (Wildman–Crippen MR) is 397 cm³/mol. The first-order chi connectivity index (χ1) is 47.1. The van der Waals surface area contributed by atoms with Crippen LogP contribution in [-0.2, 0) is 0 Å². The first kappa shape index (κ1) is 54.1. The Hall–Kier alpha value is -12.6. The van der Waals surface area contributed by atoms with Crippen LogP contribution in [0.25, 0.3) is 177 Å². The number of pyridine rings is 2. The van der Waals surface area contributed by atoms with Crippen LogP contribution in [0, 0.1) is 6.92 Å². The maximum Gasteiger partial charge on any atom is 0.165 e. The summed E-state index contributed by atoms with van der Waals surface area (Å²) < 4.78 is 10.0. The lowest BCUT2D eigenvalue weighted by Crippen LogP contribution is -2.16. The molecule has 444 valence electrons. The maximum atomic E-state index is 6.66. The number of aryl methyl sites for hydroxylation is 1. The highest BCUT2D eigenvalue weighted by Gasteiger charge is 2.34. The summed E-state index contributed by atoms with van der Waals surface area (Å²) in [5.41, 5.74) is 24.1. The minimum absolute atomic E-state index is 0.762. The monoisotopic (exact) mass is 1210 g/mol. The quantitative estimate of drug-likeness (QED) is 0.137. The molecule has 6 heterocycles.